The molecule has 0 aliphatic carbocycles. The number of ether oxygens (including phenoxy) is 2. The zero-order valence-electron chi connectivity index (χ0n) is 12.1. The Morgan fingerprint density at radius 2 is 2.00 bits per heavy atom. The van der Waals surface area contributed by atoms with E-state index in [0.29, 0.717) is 12.7 Å². The molecule has 0 amide bonds. The SMILES string of the molecule is Cc1cc2c(cc1CN(C)CCC(C)CN)OCO2. The van der Waals surface area contributed by atoms with Crippen LogP contribution in [0.15, 0.2) is 12.1 Å². The molecule has 1 aromatic carbocycles. The van der Waals surface area contributed by atoms with Crippen LogP contribution in [0.3, 0.4) is 0 Å². The van der Waals surface area contributed by atoms with Gasteiger partial charge in [-0.25, -0.2) is 0 Å². The van der Waals surface area contributed by atoms with Gasteiger partial charge in [0, 0.05) is 6.54 Å². The summed E-state index contributed by atoms with van der Waals surface area (Å²) < 4.78 is 10.8. The molecule has 0 saturated carbocycles. The van der Waals surface area contributed by atoms with Crippen molar-refractivity contribution in [1.82, 2.24) is 4.90 Å². The molecule has 0 spiro atoms. The van der Waals surface area contributed by atoms with Gasteiger partial charge in [-0.05, 0) is 62.7 Å². The lowest BCUT2D eigenvalue weighted by atomic mass is 10.1. The first-order valence-electron chi connectivity index (χ1n) is 6.88. The molecule has 2 N–H and O–H groups in total. The monoisotopic (exact) mass is 264 g/mol. The van der Waals surface area contributed by atoms with Crippen molar-refractivity contribution in [3.8, 4) is 11.5 Å². The van der Waals surface area contributed by atoms with Crippen LogP contribution < -0.4 is 15.2 Å². The summed E-state index contributed by atoms with van der Waals surface area (Å²) in [5.74, 6) is 2.31. The van der Waals surface area contributed by atoms with Crippen LogP contribution in [-0.4, -0.2) is 31.8 Å². The molecule has 1 atom stereocenters. The first-order valence-corrected chi connectivity index (χ1v) is 6.88. The van der Waals surface area contributed by atoms with Gasteiger partial charge in [-0.1, -0.05) is 6.92 Å². The molecule has 2 rings (SSSR count). The smallest absolute Gasteiger partial charge is 0.231 e. The molecule has 0 bridgehead atoms. The number of nitrogens with two attached hydrogens (primary N) is 1. The van der Waals surface area contributed by atoms with Gasteiger partial charge in [-0.3, -0.25) is 0 Å². The van der Waals surface area contributed by atoms with Gasteiger partial charge in [0.25, 0.3) is 0 Å². The van der Waals surface area contributed by atoms with Gasteiger partial charge in [0.1, 0.15) is 0 Å². The van der Waals surface area contributed by atoms with E-state index < -0.39 is 0 Å². The van der Waals surface area contributed by atoms with Gasteiger partial charge < -0.3 is 20.1 Å². The third-order valence-corrected chi connectivity index (χ3v) is 3.68. The van der Waals surface area contributed by atoms with Crippen molar-refractivity contribution in [3.05, 3.63) is 23.3 Å². The van der Waals surface area contributed by atoms with Gasteiger partial charge in [-0.15, -0.1) is 0 Å². The molecular weight excluding hydrogens is 240 g/mol. The normalized spacial score (nSPS) is 15.0. The summed E-state index contributed by atoms with van der Waals surface area (Å²) in [7, 11) is 2.15. The van der Waals surface area contributed by atoms with Gasteiger partial charge in [0.05, 0.1) is 0 Å². The minimum atomic E-state index is 0.335. The number of hydrogen-bond acceptors (Lipinski definition) is 4. The van der Waals surface area contributed by atoms with E-state index in [1.165, 1.54) is 11.1 Å². The summed E-state index contributed by atoms with van der Waals surface area (Å²) in [5.41, 5.74) is 8.20. The lowest BCUT2D eigenvalue weighted by molar-refractivity contribution is 0.174. The third kappa shape index (κ3) is 3.61. The van der Waals surface area contributed by atoms with Crippen LogP contribution in [-0.2, 0) is 6.54 Å². The van der Waals surface area contributed by atoms with Crippen LogP contribution in [0, 0.1) is 12.8 Å². The molecule has 1 heterocycles. The summed E-state index contributed by atoms with van der Waals surface area (Å²) in [4.78, 5) is 2.33. The van der Waals surface area contributed by atoms with Crippen LogP contribution in [0.5, 0.6) is 11.5 Å². The molecule has 1 unspecified atom stereocenters. The van der Waals surface area contributed by atoms with E-state index in [1.54, 1.807) is 0 Å². The average Bonchev–Trinajstić information content (AvgIpc) is 2.83. The molecule has 0 radical (unpaired) electrons. The number of rotatable bonds is 6. The second kappa shape index (κ2) is 6.26. The van der Waals surface area contributed by atoms with Gasteiger partial charge >= 0.3 is 0 Å². The van der Waals surface area contributed by atoms with E-state index in [2.05, 4.69) is 37.9 Å². The number of hydrogen-bond donors (Lipinski definition) is 1. The maximum atomic E-state index is 5.65. The van der Waals surface area contributed by atoms with E-state index in [1.807, 2.05) is 0 Å². The Bertz CT molecular complexity index is 434. The summed E-state index contributed by atoms with van der Waals surface area (Å²) in [5, 5.41) is 0. The molecule has 1 aliphatic rings. The van der Waals surface area contributed by atoms with E-state index in [9.17, 15) is 0 Å². The van der Waals surface area contributed by atoms with Gasteiger partial charge in [0.2, 0.25) is 6.79 Å². The van der Waals surface area contributed by atoms with Crippen LogP contribution in [0.1, 0.15) is 24.5 Å². The summed E-state index contributed by atoms with van der Waals surface area (Å²) in [6.07, 6.45) is 1.14. The highest BCUT2D eigenvalue weighted by Crippen LogP contribution is 2.34. The standard InChI is InChI=1S/C15H24N2O2/c1-11(8-16)4-5-17(3)9-13-7-15-14(6-12(13)2)18-10-19-15/h6-7,11H,4-5,8-10,16H2,1-3H3. The summed E-state index contributed by atoms with van der Waals surface area (Å²) in [6.45, 7) is 7.40. The molecule has 4 heteroatoms. The lowest BCUT2D eigenvalue weighted by Crippen LogP contribution is -2.23. The molecule has 1 aromatic rings. The fourth-order valence-electron chi connectivity index (χ4n) is 2.18. The maximum absolute atomic E-state index is 5.65. The molecular formula is C15H24N2O2. The Hall–Kier alpha value is -1.26. The lowest BCUT2D eigenvalue weighted by Gasteiger charge is -2.20. The zero-order valence-corrected chi connectivity index (χ0v) is 12.1. The predicted molar refractivity (Wildman–Crippen MR) is 76.5 cm³/mol. The van der Waals surface area contributed by atoms with Crippen LogP contribution >= 0.6 is 0 Å². The molecule has 0 fully saturated rings. The van der Waals surface area contributed by atoms with E-state index in [0.717, 1.165) is 37.6 Å². The molecule has 106 valence electrons. The zero-order chi connectivity index (χ0) is 13.8. The van der Waals surface area contributed by atoms with Crippen LogP contribution in [0.4, 0.5) is 0 Å². The quantitative estimate of drug-likeness (QED) is 0.855. The first kappa shape index (κ1) is 14.2. The Kier molecular flexibility index (Phi) is 4.66. The van der Waals surface area contributed by atoms with Crippen molar-refractivity contribution in [1.29, 1.82) is 0 Å². The van der Waals surface area contributed by atoms with Crippen molar-refractivity contribution < 1.29 is 9.47 Å². The van der Waals surface area contributed by atoms with Gasteiger partial charge in [0.15, 0.2) is 11.5 Å². The predicted octanol–water partition coefficient (Wildman–Crippen LogP) is 2.14. The Morgan fingerprint density at radius 1 is 1.32 bits per heavy atom. The molecule has 1 aliphatic heterocycles. The van der Waals surface area contributed by atoms with Crippen molar-refractivity contribution in [3.63, 3.8) is 0 Å². The Labute approximate surface area is 115 Å². The second-order valence-corrected chi connectivity index (χ2v) is 5.50. The average molecular weight is 264 g/mol. The third-order valence-electron chi connectivity index (χ3n) is 3.68. The Balaban J connectivity index is 1.95. The minimum Gasteiger partial charge on any atom is -0.454 e. The summed E-state index contributed by atoms with van der Waals surface area (Å²) >= 11 is 0. The van der Waals surface area contributed by atoms with E-state index in [-0.39, 0.29) is 0 Å². The minimum absolute atomic E-state index is 0.335. The first-order chi connectivity index (χ1) is 9.10. The highest BCUT2D eigenvalue weighted by molar-refractivity contribution is 5.48. The van der Waals surface area contributed by atoms with Crippen molar-refractivity contribution >= 4 is 0 Å². The van der Waals surface area contributed by atoms with Crippen molar-refractivity contribution in [2.75, 3.05) is 26.9 Å². The van der Waals surface area contributed by atoms with Crippen LogP contribution in [0.2, 0.25) is 0 Å². The molecule has 0 aromatic heterocycles. The number of nitrogens with zero attached hydrogens (tertiary/aromatic N) is 1. The van der Waals surface area contributed by atoms with Crippen molar-refractivity contribution in [2.45, 2.75) is 26.8 Å². The van der Waals surface area contributed by atoms with E-state index >= 15 is 0 Å². The fourth-order valence-corrected chi connectivity index (χ4v) is 2.18. The number of fused-ring (bicyclic) bond motifs is 1. The van der Waals surface area contributed by atoms with Gasteiger partial charge in [-0.2, -0.15) is 0 Å². The molecule has 0 saturated heterocycles. The second-order valence-electron chi connectivity index (χ2n) is 5.50. The maximum Gasteiger partial charge on any atom is 0.231 e. The van der Waals surface area contributed by atoms with Crippen molar-refractivity contribution in [2.24, 2.45) is 11.7 Å². The van der Waals surface area contributed by atoms with E-state index in [4.69, 9.17) is 15.2 Å². The molecule has 4 nitrogen and oxygen atoms in total. The summed E-state index contributed by atoms with van der Waals surface area (Å²) in [6, 6.07) is 4.16. The van der Waals surface area contributed by atoms with Crippen LogP contribution in [0.25, 0.3) is 0 Å². The molecule has 19 heavy (non-hydrogen) atoms. The fraction of sp³-hybridized carbons (Fsp3) is 0.600. The number of aryl methyl sites for hydroxylation is 1. The Morgan fingerprint density at radius 3 is 2.68 bits per heavy atom. The largest absolute Gasteiger partial charge is 0.454 e. The topological polar surface area (TPSA) is 47.7 Å². The highest BCUT2D eigenvalue weighted by Gasteiger charge is 2.16. The highest BCUT2D eigenvalue weighted by atomic mass is 16.7. The number of benzene rings is 1.